The van der Waals surface area contributed by atoms with E-state index in [9.17, 15) is 4.79 Å². The maximum Gasteiger partial charge on any atom is 0.218 e. The molecule has 1 amide bonds. The van der Waals surface area contributed by atoms with E-state index in [1.165, 1.54) is 0 Å². The first-order valence-corrected chi connectivity index (χ1v) is 4.09. The van der Waals surface area contributed by atoms with E-state index < -0.39 is 0 Å². The van der Waals surface area contributed by atoms with E-state index in [4.69, 9.17) is 5.73 Å². The van der Waals surface area contributed by atoms with Gasteiger partial charge in [0.1, 0.15) is 0 Å². The molecule has 0 aliphatic carbocycles. The molecule has 3 heteroatoms. The molecule has 0 fully saturated rings. The topological polar surface area (TPSA) is 55.1 Å². The van der Waals surface area contributed by atoms with Gasteiger partial charge in [-0.15, -0.1) is 0 Å². The highest BCUT2D eigenvalue weighted by atomic mass is 16.1. The fourth-order valence-corrected chi connectivity index (χ4v) is 1.02. The molecule has 11 heavy (non-hydrogen) atoms. The standard InChI is InChI=1S/C8H18N2O/c1-4-10-7(6(2)3)5-8(9)11/h6-7,10H,4-5H2,1-3H3,(H2,9,11). The monoisotopic (exact) mass is 158 g/mol. The summed E-state index contributed by atoms with van der Waals surface area (Å²) >= 11 is 0. The molecule has 1 atom stereocenters. The second-order valence-corrected chi connectivity index (χ2v) is 3.08. The number of hydrogen-bond donors (Lipinski definition) is 2. The third kappa shape index (κ3) is 4.79. The fraction of sp³-hybridized carbons (Fsp3) is 0.875. The Morgan fingerprint density at radius 1 is 1.55 bits per heavy atom. The summed E-state index contributed by atoms with van der Waals surface area (Å²) in [7, 11) is 0. The molecule has 0 radical (unpaired) electrons. The third-order valence-corrected chi connectivity index (χ3v) is 1.69. The first-order chi connectivity index (χ1) is 5.07. The Bertz CT molecular complexity index is 123. The summed E-state index contributed by atoms with van der Waals surface area (Å²) in [6, 6.07) is 0.234. The van der Waals surface area contributed by atoms with Crippen LogP contribution in [0.1, 0.15) is 27.2 Å². The van der Waals surface area contributed by atoms with Crippen LogP contribution in [-0.2, 0) is 4.79 Å². The van der Waals surface area contributed by atoms with Crippen LogP contribution in [0, 0.1) is 5.92 Å². The number of carbonyl (C=O) groups excluding carboxylic acids is 1. The molecule has 0 spiro atoms. The minimum atomic E-state index is -0.232. The number of nitrogens with two attached hydrogens (primary N) is 1. The lowest BCUT2D eigenvalue weighted by Gasteiger charge is -2.19. The zero-order valence-electron chi connectivity index (χ0n) is 7.55. The molecule has 0 aromatic rings. The molecule has 0 aromatic heterocycles. The molecule has 0 bridgehead atoms. The first-order valence-electron chi connectivity index (χ1n) is 4.09. The van der Waals surface area contributed by atoms with Crippen molar-refractivity contribution in [2.24, 2.45) is 11.7 Å². The molecule has 0 aromatic carbocycles. The van der Waals surface area contributed by atoms with E-state index in [2.05, 4.69) is 19.2 Å². The minimum absolute atomic E-state index is 0.232. The van der Waals surface area contributed by atoms with Crippen molar-refractivity contribution in [1.82, 2.24) is 5.32 Å². The van der Waals surface area contributed by atoms with Gasteiger partial charge in [0.2, 0.25) is 5.91 Å². The molecule has 66 valence electrons. The summed E-state index contributed by atoms with van der Waals surface area (Å²) in [6.07, 6.45) is 0.436. The quantitative estimate of drug-likeness (QED) is 0.612. The van der Waals surface area contributed by atoms with Crippen LogP contribution in [0.4, 0.5) is 0 Å². The highest BCUT2D eigenvalue weighted by Crippen LogP contribution is 2.04. The average molecular weight is 158 g/mol. The average Bonchev–Trinajstić information content (AvgIpc) is 1.86. The molecule has 0 saturated heterocycles. The van der Waals surface area contributed by atoms with Gasteiger partial charge in [0.25, 0.3) is 0 Å². The molecule has 3 N–H and O–H groups in total. The van der Waals surface area contributed by atoms with Crippen molar-refractivity contribution in [3.63, 3.8) is 0 Å². The number of rotatable bonds is 5. The Kier molecular flexibility index (Phi) is 4.86. The lowest BCUT2D eigenvalue weighted by molar-refractivity contribution is -0.118. The van der Waals surface area contributed by atoms with Gasteiger partial charge >= 0.3 is 0 Å². The van der Waals surface area contributed by atoms with Gasteiger partial charge < -0.3 is 11.1 Å². The molecule has 0 heterocycles. The third-order valence-electron chi connectivity index (χ3n) is 1.69. The maximum atomic E-state index is 10.6. The summed E-state index contributed by atoms with van der Waals surface area (Å²) in [4.78, 5) is 10.6. The second-order valence-electron chi connectivity index (χ2n) is 3.08. The van der Waals surface area contributed by atoms with Gasteiger partial charge in [-0.3, -0.25) is 4.79 Å². The van der Waals surface area contributed by atoms with E-state index in [0.717, 1.165) is 6.54 Å². The van der Waals surface area contributed by atoms with E-state index in [0.29, 0.717) is 12.3 Å². The van der Waals surface area contributed by atoms with Gasteiger partial charge in [0.05, 0.1) is 0 Å². The molecular formula is C8H18N2O. The predicted molar refractivity (Wildman–Crippen MR) is 46.1 cm³/mol. The normalized spacial score (nSPS) is 13.5. The highest BCUT2D eigenvalue weighted by molar-refractivity contribution is 5.74. The zero-order chi connectivity index (χ0) is 8.85. The van der Waals surface area contributed by atoms with Crippen LogP contribution < -0.4 is 11.1 Å². The summed E-state index contributed by atoms with van der Waals surface area (Å²) in [5, 5.41) is 3.21. The highest BCUT2D eigenvalue weighted by Gasteiger charge is 2.13. The number of carbonyl (C=O) groups is 1. The molecule has 0 aliphatic heterocycles. The zero-order valence-corrected chi connectivity index (χ0v) is 7.55. The van der Waals surface area contributed by atoms with Crippen LogP contribution in [0.5, 0.6) is 0 Å². The number of nitrogens with one attached hydrogen (secondary N) is 1. The van der Waals surface area contributed by atoms with E-state index in [1.807, 2.05) is 6.92 Å². The summed E-state index contributed by atoms with van der Waals surface area (Å²) in [5.74, 6) is 0.229. The predicted octanol–water partition coefficient (Wildman–Crippen LogP) is 0.496. The number of primary amides is 1. The first kappa shape index (κ1) is 10.4. The lowest BCUT2D eigenvalue weighted by Crippen LogP contribution is -2.37. The summed E-state index contributed by atoms with van der Waals surface area (Å²) in [6.45, 7) is 7.07. The molecule has 3 nitrogen and oxygen atoms in total. The van der Waals surface area contributed by atoms with Crippen molar-refractivity contribution < 1.29 is 4.79 Å². The Morgan fingerprint density at radius 2 is 2.09 bits per heavy atom. The molecule has 0 aliphatic rings. The molecule has 1 unspecified atom stereocenters. The van der Waals surface area contributed by atoms with Gasteiger partial charge in [-0.1, -0.05) is 20.8 Å². The van der Waals surface area contributed by atoms with Crippen molar-refractivity contribution in [3.05, 3.63) is 0 Å². The van der Waals surface area contributed by atoms with E-state index in [-0.39, 0.29) is 11.9 Å². The Morgan fingerprint density at radius 3 is 2.36 bits per heavy atom. The second kappa shape index (κ2) is 5.13. The largest absolute Gasteiger partial charge is 0.370 e. The smallest absolute Gasteiger partial charge is 0.218 e. The van der Waals surface area contributed by atoms with Crippen LogP contribution in [0.2, 0.25) is 0 Å². The van der Waals surface area contributed by atoms with Gasteiger partial charge in [0.15, 0.2) is 0 Å². The van der Waals surface area contributed by atoms with Gasteiger partial charge in [0, 0.05) is 12.5 Å². The molecule has 0 rings (SSSR count). The van der Waals surface area contributed by atoms with Crippen LogP contribution in [0.25, 0.3) is 0 Å². The summed E-state index contributed by atoms with van der Waals surface area (Å²) in [5.41, 5.74) is 5.08. The Balaban J connectivity index is 3.79. The summed E-state index contributed by atoms with van der Waals surface area (Å²) < 4.78 is 0. The Labute approximate surface area is 68.3 Å². The van der Waals surface area contributed by atoms with Gasteiger partial charge in [-0.2, -0.15) is 0 Å². The number of amides is 1. The van der Waals surface area contributed by atoms with E-state index >= 15 is 0 Å². The van der Waals surface area contributed by atoms with Crippen molar-refractivity contribution in [1.29, 1.82) is 0 Å². The van der Waals surface area contributed by atoms with Gasteiger partial charge in [-0.05, 0) is 12.5 Å². The van der Waals surface area contributed by atoms with Crippen molar-refractivity contribution in [2.75, 3.05) is 6.54 Å². The van der Waals surface area contributed by atoms with Crippen molar-refractivity contribution in [2.45, 2.75) is 33.2 Å². The minimum Gasteiger partial charge on any atom is -0.370 e. The van der Waals surface area contributed by atoms with Crippen LogP contribution >= 0.6 is 0 Å². The van der Waals surface area contributed by atoms with Crippen LogP contribution in [0.3, 0.4) is 0 Å². The van der Waals surface area contributed by atoms with Gasteiger partial charge in [-0.25, -0.2) is 0 Å². The fourth-order valence-electron chi connectivity index (χ4n) is 1.02. The lowest BCUT2D eigenvalue weighted by atomic mass is 10.0. The molecule has 0 saturated carbocycles. The number of hydrogen-bond acceptors (Lipinski definition) is 2. The maximum absolute atomic E-state index is 10.6. The SMILES string of the molecule is CCNC(CC(N)=O)C(C)C. The van der Waals surface area contributed by atoms with Crippen molar-refractivity contribution >= 4 is 5.91 Å². The van der Waals surface area contributed by atoms with Crippen molar-refractivity contribution in [3.8, 4) is 0 Å². The van der Waals surface area contributed by atoms with Crippen LogP contribution in [-0.4, -0.2) is 18.5 Å². The molecular weight excluding hydrogens is 140 g/mol. The Hall–Kier alpha value is -0.570. The van der Waals surface area contributed by atoms with Crippen LogP contribution in [0.15, 0.2) is 0 Å². The van der Waals surface area contributed by atoms with E-state index in [1.54, 1.807) is 0 Å².